The van der Waals surface area contributed by atoms with Crippen LogP contribution in [0.25, 0.3) is 0 Å². The molecule has 0 atom stereocenters. The number of thiazole rings is 1. The van der Waals surface area contributed by atoms with E-state index in [9.17, 15) is 14.0 Å². The Balaban J connectivity index is 1.37. The number of amides is 2. The number of carbonyl (C=O) groups is 2. The average molecular weight is 470 g/mol. The van der Waals surface area contributed by atoms with Crippen molar-refractivity contribution in [1.29, 1.82) is 0 Å². The van der Waals surface area contributed by atoms with Crippen molar-refractivity contribution in [3.63, 3.8) is 0 Å². The van der Waals surface area contributed by atoms with Crippen LogP contribution in [-0.4, -0.2) is 29.9 Å². The van der Waals surface area contributed by atoms with Crippen LogP contribution in [0.1, 0.15) is 58.6 Å². The van der Waals surface area contributed by atoms with Crippen molar-refractivity contribution in [3.05, 3.63) is 81.6 Å². The number of nitrogens with zero attached hydrogens (tertiary/aromatic N) is 1. The standard InChI is InChI=1S/C25H28FN3O3S/c1-25(2,3)18-11-9-17(10-12-18)23(30)27-13-6-14-28-24(31)20-16-33-22(29-20)15-32-21-8-5-4-7-19(21)26/h4-5,7-12,16H,6,13-15H2,1-3H3,(H,27,30)(H,28,31). The number of para-hydroxylation sites is 1. The molecule has 1 heterocycles. The molecule has 0 unspecified atom stereocenters. The van der Waals surface area contributed by atoms with Crippen LogP contribution >= 0.6 is 11.3 Å². The Bertz CT molecular complexity index is 1090. The Labute approximate surface area is 197 Å². The second kappa shape index (κ2) is 11.0. The number of rotatable bonds is 9. The van der Waals surface area contributed by atoms with Crippen LogP contribution in [0, 0.1) is 5.82 Å². The van der Waals surface area contributed by atoms with Crippen molar-refractivity contribution in [1.82, 2.24) is 15.6 Å². The van der Waals surface area contributed by atoms with Gasteiger partial charge in [0.2, 0.25) is 0 Å². The van der Waals surface area contributed by atoms with E-state index in [2.05, 4.69) is 36.4 Å². The van der Waals surface area contributed by atoms with Gasteiger partial charge in [0.1, 0.15) is 17.3 Å². The highest BCUT2D eigenvalue weighted by atomic mass is 32.1. The van der Waals surface area contributed by atoms with Gasteiger partial charge >= 0.3 is 0 Å². The smallest absolute Gasteiger partial charge is 0.270 e. The van der Waals surface area contributed by atoms with Gasteiger partial charge in [0.25, 0.3) is 11.8 Å². The predicted molar refractivity (Wildman–Crippen MR) is 127 cm³/mol. The number of carbonyl (C=O) groups excluding carboxylic acids is 2. The fourth-order valence-electron chi connectivity index (χ4n) is 2.99. The van der Waals surface area contributed by atoms with E-state index in [1.165, 1.54) is 29.0 Å². The molecule has 3 aromatic rings. The molecule has 2 N–H and O–H groups in total. The van der Waals surface area contributed by atoms with Gasteiger partial charge in [0, 0.05) is 24.0 Å². The second-order valence-electron chi connectivity index (χ2n) is 8.54. The first-order chi connectivity index (χ1) is 15.7. The molecule has 0 radical (unpaired) electrons. The molecular formula is C25H28FN3O3S. The van der Waals surface area contributed by atoms with Crippen molar-refractivity contribution in [2.75, 3.05) is 13.1 Å². The highest BCUT2D eigenvalue weighted by Gasteiger charge is 2.14. The third-order valence-corrected chi connectivity index (χ3v) is 5.73. The number of hydrogen-bond acceptors (Lipinski definition) is 5. The van der Waals surface area contributed by atoms with E-state index in [0.717, 1.165) is 0 Å². The molecule has 8 heteroatoms. The number of aromatic nitrogens is 1. The SMILES string of the molecule is CC(C)(C)c1ccc(C(=O)NCCCNC(=O)c2csc(COc3ccccc3F)n2)cc1. The molecule has 0 aliphatic rings. The molecule has 33 heavy (non-hydrogen) atoms. The molecule has 0 spiro atoms. The summed E-state index contributed by atoms with van der Waals surface area (Å²) >= 11 is 1.27. The average Bonchev–Trinajstić information content (AvgIpc) is 3.27. The summed E-state index contributed by atoms with van der Waals surface area (Å²) in [5.41, 5.74) is 2.11. The van der Waals surface area contributed by atoms with Crippen molar-refractivity contribution < 1.29 is 18.7 Å². The van der Waals surface area contributed by atoms with Crippen molar-refractivity contribution in [2.45, 2.75) is 39.2 Å². The summed E-state index contributed by atoms with van der Waals surface area (Å²) in [7, 11) is 0. The first kappa shape index (κ1) is 24.4. The largest absolute Gasteiger partial charge is 0.483 e. The molecule has 0 saturated heterocycles. The molecule has 0 saturated carbocycles. The number of halogens is 1. The van der Waals surface area contributed by atoms with Crippen molar-refractivity contribution in [3.8, 4) is 5.75 Å². The molecule has 0 aliphatic carbocycles. The van der Waals surface area contributed by atoms with E-state index < -0.39 is 5.82 Å². The van der Waals surface area contributed by atoms with Crippen LogP contribution in [0.5, 0.6) is 5.75 Å². The number of nitrogens with one attached hydrogen (secondary N) is 2. The summed E-state index contributed by atoms with van der Waals surface area (Å²) < 4.78 is 19.0. The maximum atomic E-state index is 13.6. The van der Waals surface area contributed by atoms with Gasteiger partial charge in [-0.2, -0.15) is 0 Å². The summed E-state index contributed by atoms with van der Waals surface area (Å²) in [6, 6.07) is 13.7. The first-order valence-corrected chi connectivity index (χ1v) is 11.6. The summed E-state index contributed by atoms with van der Waals surface area (Å²) in [6.45, 7) is 7.31. The Morgan fingerprint density at radius 3 is 2.33 bits per heavy atom. The topological polar surface area (TPSA) is 80.3 Å². The van der Waals surface area contributed by atoms with Crippen LogP contribution < -0.4 is 15.4 Å². The highest BCUT2D eigenvalue weighted by molar-refractivity contribution is 7.09. The zero-order valence-electron chi connectivity index (χ0n) is 19.0. The van der Waals surface area contributed by atoms with E-state index in [0.29, 0.717) is 30.1 Å². The molecule has 0 fully saturated rings. The van der Waals surface area contributed by atoms with E-state index >= 15 is 0 Å². The zero-order chi connectivity index (χ0) is 23.8. The number of hydrogen-bond donors (Lipinski definition) is 2. The lowest BCUT2D eigenvalue weighted by Crippen LogP contribution is -2.30. The van der Waals surface area contributed by atoms with Gasteiger partial charge in [-0.15, -0.1) is 11.3 Å². The maximum Gasteiger partial charge on any atom is 0.270 e. The van der Waals surface area contributed by atoms with E-state index in [1.807, 2.05) is 24.3 Å². The molecule has 174 valence electrons. The minimum absolute atomic E-state index is 0.0398. The van der Waals surface area contributed by atoms with Crippen LogP contribution in [0.3, 0.4) is 0 Å². The summed E-state index contributed by atoms with van der Waals surface area (Å²) in [6.07, 6.45) is 0.588. The Morgan fingerprint density at radius 2 is 1.67 bits per heavy atom. The molecule has 6 nitrogen and oxygen atoms in total. The number of ether oxygens (including phenoxy) is 1. The molecule has 2 aromatic carbocycles. The second-order valence-corrected chi connectivity index (χ2v) is 9.48. The molecule has 2 amide bonds. The van der Waals surface area contributed by atoms with Gasteiger partial charge in [-0.3, -0.25) is 9.59 Å². The van der Waals surface area contributed by atoms with E-state index in [-0.39, 0.29) is 35.3 Å². The van der Waals surface area contributed by atoms with Gasteiger partial charge in [-0.25, -0.2) is 9.37 Å². The minimum atomic E-state index is -0.443. The molecule has 0 bridgehead atoms. The monoisotopic (exact) mass is 469 g/mol. The van der Waals surface area contributed by atoms with Gasteiger partial charge in [0.05, 0.1) is 0 Å². The van der Waals surface area contributed by atoms with Crippen LogP contribution in [0.4, 0.5) is 4.39 Å². The van der Waals surface area contributed by atoms with Crippen LogP contribution in [0.2, 0.25) is 0 Å². The van der Waals surface area contributed by atoms with Crippen molar-refractivity contribution in [2.24, 2.45) is 0 Å². The Kier molecular flexibility index (Phi) is 8.16. The summed E-state index contributed by atoms with van der Waals surface area (Å²) in [4.78, 5) is 28.8. The first-order valence-electron chi connectivity index (χ1n) is 10.7. The van der Waals surface area contributed by atoms with Gasteiger partial charge in [0.15, 0.2) is 11.6 Å². The van der Waals surface area contributed by atoms with E-state index in [1.54, 1.807) is 17.5 Å². The lowest BCUT2D eigenvalue weighted by Gasteiger charge is -2.19. The van der Waals surface area contributed by atoms with Gasteiger partial charge in [-0.05, 0) is 41.7 Å². The summed E-state index contributed by atoms with van der Waals surface area (Å²) in [5.74, 6) is -0.736. The quantitative estimate of drug-likeness (QED) is 0.445. The van der Waals surface area contributed by atoms with E-state index in [4.69, 9.17) is 4.74 Å². The number of benzene rings is 2. The lowest BCUT2D eigenvalue weighted by atomic mass is 9.87. The third-order valence-electron chi connectivity index (χ3n) is 4.91. The third kappa shape index (κ3) is 7.12. The minimum Gasteiger partial charge on any atom is -0.483 e. The van der Waals surface area contributed by atoms with Crippen LogP contribution in [-0.2, 0) is 12.0 Å². The summed E-state index contributed by atoms with van der Waals surface area (Å²) in [5, 5.41) is 7.86. The molecule has 3 rings (SSSR count). The van der Waals surface area contributed by atoms with Gasteiger partial charge in [-0.1, -0.05) is 45.0 Å². The Morgan fingerprint density at radius 1 is 1.00 bits per heavy atom. The van der Waals surface area contributed by atoms with Crippen LogP contribution in [0.15, 0.2) is 53.9 Å². The fraction of sp³-hybridized carbons (Fsp3) is 0.320. The fourth-order valence-corrected chi connectivity index (χ4v) is 3.67. The predicted octanol–water partition coefficient (Wildman–Crippen LogP) is 4.71. The normalized spacial score (nSPS) is 11.2. The van der Waals surface area contributed by atoms with Crippen molar-refractivity contribution >= 4 is 23.2 Å². The maximum absolute atomic E-state index is 13.6. The molecular weight excluding hydrogens is 441 g/mol. The molecule has 0 aliphatic heterocycles. The Hall–Kier alpha value is -3.26. The lowest BCUT2D eigenvalue weighted by molar-refractivity contribution is 0.0948. The molecule has 1 aromatic heterocycles. The highest BCUT2D eigenvalue weighted by Crippen LogP contribution is 2.22. The zero-order valence-corrected chi connectivity index (χ0v) is 19.8. The van der Waals surface area contributed by atoms with Gasteiger partial charge < -0.3 is 15.4 Å².